The highest BCUT2D eigenvalue weighted by atomic mass is 35.5. The summed E-state index contributed by atoms with van der Waals surface area (Å²) in [5.41, 5.74) is 1.09. The number of benzene rings is 2. The molecule has 2 aromatic carbocycles. The van der Waals surface area contributed by atoms with Gasteiger partial charge in [-0.1, -0.05) is 35.9 Å². The van der Waals surface area contributed by atoms with Crippen LogP contribution < -0.4 is 5.32 Å². The molecule has 0 bridgehead atoms. The number of hydrogen-bond acceptors (Lipinski definition) is 4. The monoisotopic (exact) mass is 485 g/mol. The predicted octanol–water partition coefficient (Wildman–Crippen LogP) is 0.901. The van der Waals surface area contributed by atoms with Gasteiger partial charge in [-0.3, -0.25) is 19.2 Å². The number of nitrogens with one attached hydrogen (secondary N) is 1. The number of alkyl halides is 2. The molecular weight excluding hydrogens is 465 g/mol. The Hall–Kier alpha value is -3.20. The summed E-state index contributed by atoms with van der Waals surface area (Å²) >= 11 is 5.73. The topological polar surface area (TPSA) is 86.8 Å². The van der Waals surface area contributed by atoms with Crippen molar-refractivity contribution in [2.45, 2.75) is 37.3 Å². The van der Waals surface area contributed by atoms with Crippen molar-refractivity contribution in [2.75, 3.05) is 0 Å². The second-order valence-corrected chi connectivity index (χ2v) is 8.91. The highest BCUT2D eigenvalue weighted by Crippen LogP contribution is 2.32. The van der Waals surface area contributed by atoms with Gasteiger partial charge >= 0.3 is 5.92 Å². The van der Waals surface area contributed by atoms with Gasteiger partial charge in [0.25, 0.3) is 11.8 Å². The fourth-order valence-corrected chi connectivity index (χ4v) is 4.36. The van der Waals surface area contributed by atoms with E-state index in [4.69, 9.17) is 11.6 Å². The Morgan fingerprint density at radius 3 is 2.50 bits per heavy atom. The molecule has 2 heterocycles. The second kappa shape index (κ2) is 8.87. The van der Waals surface area contributed by atoms with Crippen LogP contribution in [0.25, 0.3) is 0 Å². The molecule has 4 amide bonds. The molecule has 2 atom stereocenters. The maximum atomic E-state index is 14.6. The third-order valence-corrected chi connectivity index (χ3v) is 6.55. The zero-order chi connectivity index (χ0) is 24.8. The fourth-order valence-electron chi connectivity index (χ4n) is 4.23. The van der Waals surface area contributed by atoms with Crippen LogP contribution in [-0.4, -0.2) is 55.2 Å². The van der Waals surface area contributed by atoms with Gasteiger partial charge in [-0.2, -0.15) is 8.78 Å². The summed E-state index contributed by atoms with van der Waals surface area (Å²) in [6.07, 6.45) is 0.421. The van der Waals surface area contributed by atoms with Gasteiger partial charge in [-0.05, 0) is 35.7 Å². The van der Waals surface area contributed by atoms with Crippen LogP contribution in [0.3, 0.4) is 0 Å². The number of imide groups is 1. The number of carbonyl (C=O) groups is 4. The molecule has 34 heavy (non-hydrogen) atoms. The second-order valence-electron chi connectivity index (χ2n) is 8.47. The number of rotatable bonds is 5. The number of fused-ring (bicyclic) bond motifs is 1. The molecule has 4 rings (SSSR count). The van der Waals surface area contributed by atoms with Gasteiger partial charge in [-0.15, -0.1) is 0 Å². The molecule has 2 unspecified atom stereocenters. The molecule has 0 saturated carbocycles. The van der Waals surface area contributed by atoms with Crippen LogP contribution in [0.5, 0.6) is 0 Å². The summed E-state index contributed by atoms with van der Waals surface area (Å²) in [4.78, 5) is 52.0. The van der Waals surface area contributed by atoms with Crippen molar-refractivity contribution < 1.29 is 28.0 Å². The molecule has 2 aliphatic rings. The van der Waals surface area contributed by atoms with Gasteiger partial charge in [0.05, 0.1) is 0 Å². The van der Waals surface area contributed by atoms with Gasteiger partial charge in [0.1, 0.15) is 13.9 Å². The van der Waals surface area contributed by atoms with E-state index >= 15 is 0 Å². The van der Waals surface area contributed by atoms with E-state index in [9.17, 15) is 28.0 Å². The Bertz CT molecular complexity index is 1200. The Kier molecular flexibility index (Phi) is 6.24. The predicted molar refractivity (Wildman–Crippen MR) is 125 cm³/mol. The smallest absolute Gasteiger partial charge is 0.349 e. The standard InChI is InChI=1S/C22H20B2ClF2N3O4/c23-18(28-21(34)22(26,27)13-2-4-14(25)5-3-13)11-1-6-15-12(9-11)10-29(19(15)32)16-7-8-17(31)30(24)20(16)33/h1-6,9,16,18H,7-8,10,23-24H2,(H,28,34). The summed E-state index contributed by atoms with van der Waals surface area (Å²) < 4.78 is 29.2. The van der Waals surface area contributed by atoms with E-state index in [1.165, 1.54) is 25.0 Å². The van der Waals surface area contributed by atoms with E-state index in [-0.39, 0.29) is 36.2 Å². The summed E-state index contributed by atoms with van der Waals surface area (Å²) in [7, 11) is 2.96. The first-order valence-corrected chi connectivity index (χ1v) is 11.1. The average molecular weight is 485 g/mol. The Labute approximate surface area is 201 Å². The van der Waals surface area contributed by atoms with Crippen LogP contribution in [-0.2, 0) is 26.9 Å². The van der Waals surface area contributed by atoms with E-state index in [0.717, 1.165) is 16.9 Å². The number of carbonyl (C=O) groups excluding carboxylic acids is 4. The molecule has 1 fully saturated rings. The van der Waals surface area contributed by atoms with Crippen LogP contribution in [0.2, 0.25) is 5.02 Å². The number of nitrogens with zero attached hydrogens (tertiary/aromatic N) is 2. The van der Waals surface area contributed by atoms with E-state index in [0.29, 0.717) is 16.7 Å². The highest BCUT2D eigenvalue weighted by molar-refractivity contribution is 6.30. The molecular formula is C22H20B2ClF2N3O4. The first kappa shape index (κ1) is 23.9. The van der Waals surface area contributed by atoms with Crippen LogP contribution in [0.1, 0.15) is 45.8 Å². The summed E-state index contributed by atoms with van der Waals surface area (Å²) in [6.45, 7) is 0.155. The third-order valence-electron chi connectivity index (χ3n) is 6.30. The fraction of sp³-hybridized carbons (Fsp3) is 0.273. The molecule has 0 aromatic heterocycles. The Balaban J connectivity index is 1.49. The first-order valence-electron chi connectivity index (χ1n) is 10.7. The minimum atomic E-state index is -3.76. The van der Waals surface area contributed by atoms with Crippen molar-refractivity contribution in [3.8, 4) is 0 Å². The molecule has 1 saturated heterocycles. The van der Waals surface area contributed by atoms with E-state index in [1.807, 2.05) is 0 Å². The largest absolute Gasteiger partial charge is 0.352 e. The maximum absolute atomic E-state index is 14.6. The van der Waals surface area contributed by atoms with Gasteiger partial charge in [0.2, 0.25) is 19.8 Å². The van der Waals surface area contributed by atoms with Crippen molar-refractivity contribution >= 4 is 51.1 Å². The van der Waals surface area contributed by atoms with Gasteiger partial charge in [0.15, 0.2) is 0 Å². The number of hydrogen-bond donors (Lipinski definition) is 1. The van der Waals surface area contributed by atoms with Crippen molar-refractivity contribution in [1.29, 1.82) is 0 Å². The normalized spacial score (nSPS) is 19.3. The van der Waals surface area contributed by atoms with Crippen molar-refractivity contribution in [3.05, 3.63) is 69.7 Å². The average Bonchev–Trinajstić information content (AvgIpc) is 3.13. The highest BCUT2D eigenvalue weighted by Gasteiger charge is 2.43. The van der Waals surface area contributed by atoms with E-state index in [2.05, 4.69) is 5.32 Å². The maximum Gasteiger partial charge on any atom is 0.349 e. The summed E-state index contributed by atoms with van der Waals surface area (Å²) in [6, 6.07) is 8.85. The minimum Gasteiger partial charge on any atom is -0.352 e. The zero-order valence-corrected chi connectivity index (χ0v) is 19.2. The third kappa shape index (κ3) is 4.20. The zero-order valence-electron chi connectivity index (χ0n) is 18.5. The van der Waals surface area contributed by atoms with Gasteiger partial charge in [-0.25, -0.2) is 0 Å². The Morgan fingerprint density at radius 2 is 1.82 bits per heavy atom. The van der Waals surface area contributed by atoms with E-state index < -0.39 is 35.3 Å². The van der Waals surface area contributed by atoms with Crippen molar-refractivity contribution in [2.24, 2.45) is 0 Å². The lowest BCUT2D eigenvalue weighted by atomic mass is 9.87. The van der Waals surface area contributed by atoms with E-state index in [1.54, 1.807) is 26.0 Å². The molecule has 0 aliphatic carbocycles. The van der Waals surface area contributed by atoms with Crippen LogP contribution in [0.15, 0.2) is 42.5 Å². The lowest BCUT2D eigenvalue weighted by Crippen LogP contribution is -2.53. The molecule has 174 valence electrons. The molecule has 2 aromatic rings. The van der Waals surface area contributed by atoms with Crippen LogP contribution in [0.4, 0.5) is 8.78 Å². The lowest BCUT2D eigenvalue weighted by Gasteiger charge is -2.34. The number of halogens is 3. The summed E-state index contributed by atoms with van der Waals surface area (Å²) in [5, 5.41) is 2.61. The molecule has 2 aliphatic heterocycles. The van der Waals surface area contributed by atoms with Gasteiger partial charge in [0, 0.05) is 35.1 Å². The molecule has 7 nitrogen and oxygen atoms in total. The molecule has 0 radical (unpaired) electrons. The summed E-state index contributed by atoms with van der Waals surface area (Å²) in [5.74, 6) is -7.02. The van der Waals surface area contributed by atoms with Crippen LogP contribution in [0, 0.1) is 0 Å². The molecule has 0 spiro atoms. The van der Waals surface area contributed by atoms with Gasteiger partial charge < -0.3 is 15.0 Å². The minimum absolute atomic E-state index is 0.155. The molecule has 12 heteroatoms. The van der Waals surface area contributed by atoms with Crippen molar-refractivity contribution in [1.82, 2.24) is 15.0 Å². The van der Waals surface area contributed by atoms with Crippen molar-refractivity contribution in [3.63, 3.8) is 0 Å². The molecule has 1 N–H and O–H groups in total. The Morgan fingerprint density at radius 1 is 1.15 bits per heavy atom. The SMILES string of the molecule is BC(NC(=O)C(F)(F)c1ccc(Cl)cc1)c1ccc2c(c1)CN(C1CCC(=O)N(B)C1=O)C2=O. The number of amides is 4. The lowest BCUT2D eigenvalue weighted by molar-refractivity contribution is -0.147. The quantitative estimate of drug-likeness (QED) is 0.504. The van der Waals surface area contributed by atoms with Crippen LogP contribution >= 0.6 is 11.6 Å². The number of piperidine rings is 1. The first-order chi connectivity index (χ1) is 16.0.